The first kappa shape index (κ1) is 18.5. The third-order valence-electron chi connectivity index (χ3n) is 5.01. The molecule has 1 amide bonds. The molecule has 1 aromatic heterocycles. The highest BCUT2D eigenvalue weighted by molar-refractivity contribution is 7.14. The molecule has 0 fully saturated rings. The van der Waals surface area contributed by atoms with Gasteiger partial charge in [-0.2, -0.15) is 0 Å². The lowest BCUT2D eigenvalue weighted by molar-refractivity contribution is 0.0928. The molecule has 0 spiro atoms. The maximum absolute atomic E-state index is 12.7. The van der Waals surface area contributed by atoms with Gasteiger partial charge in [0.15, 0.2) is 5.13 Å². The Kier molecular flexibility index (Phi) is 5.30. The van der Waals surface area contributed by atoms with Crippen molar-refractivity contribution in [3.8, 4) is 5.75 Å². The van der Waals surface area contributed by atoms with E-state index in [2.05, 4.69) is 33.8 Å². The molecule has 3 aromatic rings. The zero-order valence-corrected chi connectivity index (χ0v) is 16.8. The van der Waals surface area contributed by atoms with Crippen LogP contribution in [0.5, 0.6) is 5.75 Å². The lowest BCUT2D eigenvalue weighted by atomic mass is 9.88. The van der Waals surface area contributed by atoms with Gasteiger partial charge in [0.2, 0.25) is 0 Å². The number of thiazole rings is 1. The van der Waals surface area contributed by atoms with Crippen LogP contribution >= 0.6 is 11.3 Å². The van der Waals surface area contributed by atoms with Gasteiger partial charge in [-0.1, -0.05) is 30.3 Å². The van der Waals surface area contributed by atoms with Crippen molar-refractivity contribution in [2.75, 3.05) is 12.4 Å². The smallest absolute Gasteiger partial charge is 0.271 e. The summed E-state index contributed by atoms with van der Waals surface area (Å²) in [4.78, 5) is 17.2. The fourth-order valence-corrected chi connectivity index (χ4v) is 4.31. The fraction of sp³-hybridized carbons (Fsp3) is 0.273. The highest BCUT2D eigenvalue weighted by Gasteiger charge is 2.23. The zero-order chi connectivity index (χ0) is 19.5. The minimum Gasteiger partial charge on any atom is -0.495 e. The van der Waals surface area contributed by atoms with Crippen molar-refractivity contribution in [1.29, 1.82) is 0 Å². The number of amides is 1. The minimum absolute atomic E-state index is 0.0485. The Morgan fingerprint density at radius 1 is 1.25 bits per heavy atom. The van der Waals surface area contributed by atoms with Crippen LogP contribution < -0.4 is 15.4 Å². The van der Waals surface area contributed by atoms with E-state index in [1.165, 1.54) is 22.5 Å². The van der Waals surface area contributed by atoms with Gasteiger partial charge in [-0.05, 0) is 55.0 Å². The van der Waals surface area contributed by atoms with Crippen LogP contribution in [0.4, 0.5) is 10.8 Å². The molecule has 1 aliphatic rings. The van der Waals surface area contributed by atoms with Crippen molar-refractivity contribution in [1.82, 2.24) is 10.3 Å². The van der Waals surface area contributed by atoms with Gasteiger partial charge in [0.05, 0.1) is 18.8 Å². The van der Waals surface area contributed by atoms with E-state index in [9.17, 15) is 4.79 Å². The molecule has 1 atom stereocenters. The number of carbonyl (C=O) groups is 1. The number of hydrogen-bond donors (Lipinski definition) is 2. The quantitative estimate of drug-likeness (QED) is 0.639. The monoisotopic (exact) mass is 393 g/mol. The summed E-state index contributed by atoms with van der Waals surface area (Å²) in [6.45, 7) is 2.02. The van der Waals surface area contributed by atoms with Crippen molar-refractivity contribution in [2.45, 2.75) is 32.2 Å². The first-order valence-corrected chi connectivity index (χ1v) is 10.3. The number of benzene rings is 2. The summed E-state index contributed by atoms with van der Waals surface area (Å²) >= 11 is 1.41. The molecule has 1 heterocycles. The third-order valence-corrected chi connectivity index (χ3v) is 5.77. The molecule has 0 bridgehead atoms. The topological polar surface area (TPSA) is 63.2 Å². The second-order valence-electron chi connectivity index (χ2n) is 6.98. The second-order valence-corrected chi connectivity index (χ2v) is 7.84. The molecule has 1 aliphatic carbocycles. The molecule has 0 radical (unpaired) electrons. The van der Waals surface area contributed by atoms with Crippen molar-refractivity contribution < 1.29 is 9.53 Å². The molecular formula is C22H23N3O2S. The predicted octanol–water partition coefficient (Wildman–Crippen LogP) is 5.01. The van der Waals surface area contributed by atoms with Crippen LogP contribution in [0.1, 0.15) is 46.1 Å². The van der Waals surface area contributed by atoms with Crippen LogP contribution in [0.2, 0.25) is 0 Å². The molecule has 1 unspecified atom stereocenters. The van der Waals surface area contributed by atoms with E-state index in [1.54, 1.807) is 12.5 Å². The van der Waals surface area contributed by atoms with E-state index < -0.39 is 0 Å². The van der Waals surface area contributed by atoms with E-state index in [1.807, 2.05) is 31.2 Å². The molecule has 2 N–H and O–H groups in total. The number of hydrogen-bond acceptors (Lipinski definition) is 5. The summed E-state index contributed by atoms with van der Waals surface area (Å²) in [5, 5.41) is 8.87. The number of aromatic nitrogens is 1. The van der Waals surface area contributed by atoms with Gasteiger partial charge in [0, 0.05) is 5.38 Å². The fourth-order valence-electron chi connectivity index (χ4n) is 3.61. The number of nitrogens with zero attached hydrogens (tertiary/aromatic N) is 1. The molecule has 0 saturated heterocycles. The average Bonchev–Trinajstić information content (AvgIpc) is 3.17. The molecular weight excluding hydrogens is 370 g/mol. The van der Waals surface area contributed by atoms with Crippen molar-refractivity contribution >= 4 is 28.1 Å². The Balaban J connectivity index is 1.48. The number of carbonyl (C=O) groups excluding carboxylic acids is 1. The maximum Gasteiger partial charge on any atom is 0.271 e. The summed E-state index contributed by atoms with van der Waals surface area (Å²) in [7, 11) is 1.64. The minimum atomic E-state index is -0.137. The van der Waals surface area contributed by atoms with E-state index in [-0.39, 0.29) is 11.9 Å². The molecule has 144 valence electrons. The van der Waals surface area contributed by atoms with E-state index in [4.69, 9.17) is 4.74 Å². The van der Waals surface area contributed by atoms with Gasteiger partial charge in [-0.15, -0.1) is 11.3 Å². The van der Waals surface area contributed by atoms with E-state index in [0.717, 1.165) is 36.3 Å². The Morgan fingerprint density at radius 3 is 2.96 bits per heavy atom. The second kappa shape index (κ2) is 8.02. The predicted molar refractivity (Wildman–Crippen MR) is 113 cm³/mol. The molecule has 6 heteroatoms. The molecule has 28 heavy (non-hydrogen) atoms. The Bertz CT molecular complexity index is 999. The highest BCUT2D eigenvalue weighted by Crippen LogP contribution is 2.31. The molecule has 5 nitrogen and oxygen atoms in total. The number of anilines is 2. The standard InChI is InChI=1S/C22H23N3O2S/c1-14-10-11-20(27-2)18(12-14)24-22-25-19(13-28-22)21(26)23-17-9-5-7-15-6-3-4-8-16(15)17/h3-4,6,8,10-13,17H,5,7,9H2,1-2H3,(H,23,26)(H,24,25). The van der Waals surface area contributed by atoms with Crippen LogP contribution in [-0.2, 0) is 6.42 Å². The highest BCUT2D eigenvalue weighted by atomic mass is 32.1. The van der Waals surface area contributed by atoms with Crippen LogP contribution in [0.15, 0.2) is 47.8 Å². The SMILES string of the molecule is COc1ccc(C)cc1Nc1nc(C(=O)NC2CCCc3ccccc32)cs1. The van der Waals surface area contributed by atoms with E-state index >= 15 is 0 Å². The summed E-state index contributed by atoms with van der Waals surface area (Å²) < 4.78 is 5.40. The number of methoxy groups -OCH3 is 1. The first-order valence-electron chi connectivity index (χ1n) is 9.40. The Labute approximate surface area is 168 Å². The Hall–Kier alpha value is -2.86. The van der Waals surface area contributed by atoms with Gasteiger partial charge < -0.3 is 15.4 Å². The number of ether oxygens (including phenoxy) is 1. The maximum atomic E-state index is 12.7. The average molecular weight is 394 g/mol. The summed E-state index contributed by atoms with van der Waals surface area (Å²) in [6.07, 6.45) is 3.11. The first-order chi connectivity index (χ1) is 13.6. The van der Waals surface area contributed by atoms with Crippen LogP contribution in [-0.4, -0.2) is 18.0 Å². The van der Waals surface area contributed by atoms with Gasteiger partial charge in [-0.25, -0.2) is 4.98 Å². The Morgan fingerprint density at radius 2 is 2.11 bits per heavy atom. The number of nitrogens with one attached hydrogen (secondary N) is 2. The van der Waals surface area contributed by atoms with Crippen molar-refractivity contribution in [3.63, 3.8) is 0 Å². The zero-order valence-electron chi connectivity index (χ0n) is 16.0. The van der Waals surface area contributed by atoms with Gasteiger partial charge >= 0.3 is 0 Å². The van der Waals surface area contributed by atoms with Gasteiger partial charge in [0.1, 0.15) is 11.4 Å². The van der Waals surface area contributed by atoms with Gasteiger partial charge in [-0.3, -0.25) is 4.79 Å². The van der Waals surface area contributed by atoms with Crippen molar-refractivity contribution in [3.05, 3.63) is 70.2 Å². The van der Waals surface area contributed by atoms with Crippen LogP contribution in [0.3, 0.4) is 0 Å². The normalized spacial score (nSPS) is 15.6. The number of rotatable bonds is 5. The molecule has 4 rings (SSSR count). The van der Waals surface area contributed by atoms with Crippen LogP contribution in [0, 0.1) is 6.92 Å². The molecule has 0 aliphatic heterocycles. The number of aryl methyl sites for hydroxylation is 2. The third kappa shape index (κ3) is 3.87. The lowest BCUT2D eigenvalue weighted by Crippen LogP contribution is -2.31. The largest absolute Gasteiger partial charge is 0.495 e. The van der Waals surface area contributed by atoms with Gasteiger partial charge in [0.25, 0.3) is 5.91 Å². The number of fused-ring (bicyclic) bond motifs is 1. The summed E-state index contributed by atoms with van der Waals surface area (Å²) in [5.41, 5.74) is 4.94. The van der Waals surface area contributed by atoms with E-state index in [0.29, 0.717) is 10.8 Å². The van der Waals surface area contributed by atoms with Crippen molar-refractivity contribution in [2.24, 2.45) is 0 Å². The lowest BCUT2D eigenvalue weighted by Gasteiger charge is -2.26. The molecule has 0 saturated carbocycles. The molecule has 2 aromatic carbocycles. The summed E-state index contributed by atoms with van der Waals surface area (Å²) in [5.74, 6) is 0.604. The summed E-state index contributed by atoms with van der Waals surface area (Å²) in [6, 6.07) is 14.3. The van der Waals surface area contributed by atoms with Crippen LogP contribution in [0.25, 0.3) is 0 Å².